The van der Waals surface area contributed by atoms with E-state index in [9.17, 15) is 9.90 Å². The zero-order chi connectivity index (χ0) is 18.4. The minimum atomic E-state index is -0.653. The number of carbonyl (C=O) groups is 1. The summed E-state index contributed by atoms with van der Waals surface area (Å²) in [6.45, 7) is 1.66. The third-order valence-corrected chi connectivity index (χ3v) is 5.32. The van der Waals surface area contributed by atoms with Gasteiger partial charge in [0.15, 0.2) is 0 Å². The first kappa shape index (κ1) is 18.4. The quantitative estimate of drug-likeness (QED) is 0.814. The lowest BCUT2D eigenvalue weighted by Gasteiger charge is -2.34. The predicted molar refractivity (Wildman–Crippen MR) is 107 cm³/mol. The number of likely N-dealkylation sites (tertiary alicyclic amines) is 1. The topological polar surface area (TPSA) is 40.5 Å². The minimum Gasteiger partial charge on any atom is -0.481 e. The number of aliphatic carboxylic acids is 1. The number of allylic oxidation sites excluding steroid dienone is 1. The van der Waals surface area contributed by atoms with Gasteiger partial charge in [-0.15, -0.1) is 0 Å². The molecule has 0 aliphatic carbocycles. The molecule has 3 rings (SSSR count). The molecule has 3 heteroatoms. The Morgan fingerprint density at radius 2 is 1.88 bits per heavy atom. The Bertz CT molecular complexity index is 754. The summed E-state index contributed by atoms with van der Waals surface area (Å²) < 4.78 is 0. The van der Waals surface area contributed by atoms with Crippen LogP contribution in [-0.4, -0.2) is 36.1 Å². The van der Waals surface area contributed by atoms with E-state index >= 15 is 0 Å². The van der Waals surface area contributed by atoms with Crippen LogP contribution in [0.5, 0.6) is 0 Å². The van der Waals surface area contributed by atoms with Crippen LogP contribution in [0.2, 0.25) is 0 Å². The minimum absolute atomic E-state index is 0.237. The van der Waals surface area contributed by atoms with Gasteiger partial charge in [-0.3, -0.25) is 4.79 Å². The Hall–Kier alpha value is -2.39. The molecule has 3 nitrogen and oxygen atoms in total. The van der Waals surface area contributed by atoms with E-state index in [1.807, 2.05) is 13.1 Å². The maximum Gasteiger partial charge on any atom is 0.308 e. The molecule has 136 valence electrons. The first-order chi connectivity index (χ1) is 12.6. The fourth-order valence-corrected chi connectivity index (χ4v) is 3.83. The largest absolute Gasteiger partial charge is 0.481 e. The molecule has 2 atom stereocenters. The van der Waals surface area contributed by atoms with Crippen LogP contribution in [0, 0.1) is 11.8 Å². The first-order valence-electron chi connectivity index (χ1n) is 9.37. The van der Waals surface area contributed by atoms with Crippen molar-refractivity contribution in [3.8, 4) is 11.1 Å². The van der Waals surface area contributed by atoms with Gasteiger partial charge in [-0.1, -0.05) is 66.7 Å². The van der Waals surface area contributed by atoms with E-state index in [0.717, 1.165) is 25.8 Å². The highest BCUT2D eigenvalue weighted by Gasteiger charge is 2.32. The number of hydrogen-bond acceptors (Lipinski definition) is 2. The molecular formula is C23H27NO2. The molecule has 1 aliphatic rings. The van der Waals surface area contributed by atoms with E-state index in [1.54, 1.807) is 0 Å². The third kappa shape index (κ3) is 4.61. The molecule has 0 saturated carbocycles. The fraction of sp³-hybridized carbons (Fsp3) is 0.348. The second kappa shape index (κ2) is 8.81. The fourth-order valence-electron chi connectivity index (χ4n) is 3.83. The highest BCUT2D eigenvalue weighted by Crippen LogP contribution is 2.28. The number of carboxylic acid groups (broad SMARTS) is 1. The molecule has 2 aromatic rings. The van der Waals surface area contributed by atoms with Crippen LogP contribution < -0.4 is 0 Å². The van der Waals surface area contributed by atoms with Crippen molar-refractivity contribution in [2.75, 3.05) is 20.1 Å². The zero-order valence-corrected chi connectivity index (χ0v) is 15.3. The van der Waals surface area contributed by atoms with Crippen LogP contribution in [0.3, 0.4) is 0 Å². The predicted octanol–water partition coefficient (Wildman–Crippen LogP) is 4.80. The smallest absolute Gasteiger partial charge is 0.308 e. The van der Waals surface area contributed by atoms with Crippen LogP contribution in [-0.2, 0) is 4.79 Å². The number of nitrogens with zero attached hydrogens (tertiary/aromatic N) is 1. The van der Waals surface area contributed by atoms with E-state index in [-0.39, 0.29) is 11.8 Å². The summed E-state index contributed by atoms with van der Waals surface area (Å²) >= 11 is 0. The van der Waals surface area contributed by atoms with Crippen molar-refractivity contribution in [2.45, 2.75) is 19.3 Å². The summed E-state index contributed by atoms with van der Waals surface area (Å²) in [4.78, 5) is 13.6. The molecular weight excluding hydrogens is 322 g/mol. The first-order valence-corrected chi connectivity index (χ1v) is 9.37. The third-order valence-electron chi connectivity index (χ3n) is 5.32. The van der Waals surface area contributed by atoms with Crippen molar-refractivity contribution in [2.24, 2.45) is 11.8 Å². The van der Waals surface area contributed by atoms with Crippen LogP contribution in [0.1, 0.15) is 24.8 Å². The summed E-state index contributed by atoms with van der Waals surface area (Å²) in [5.41, 5.74) is 3.65. The van der Waals surface area contributed by atoms with Gasteiger partial charge in [0, 0.05) is 6.54 Å². The van der Waals surface area contributed by atoms with Crippen molar-refractivity contribution in [3.05, 3.63) is 66.2 Å². The molecule has 0 radical (unpaired) electrons. The molecule has 1 heterocycles. The Labute approximate surface area is 156 Å². The second-order valence-electron chi connectivity index (χ2n) is 7.19. The average molecular weight is 349 g/mol. The molecule has 2 aromatic carbocycles. The standard InChI is InChI=1S/C23H27NO2/c1-24-16-15-20(22(17-24)23(25)26)13-6-5-11-19-12-7-8-14-21(19)18-9-3-2-4-10-18/h2-5,7-12,14,20,22H,6,13,15-17H2,1H3,(H,25,26)/b11-5+/t20-,22-/m0/s1. The lowest BCUT2D eigenvalue weighted by Crippen LogP contribution is -2.41. The molecule has 0 bridgehead atoms. The van der Waals surface area contributed by atoms with Gasteiger partial charge in [-0.2, -0.15) is 0 Å². The summed E-state index contributed by atoms with van der Waals surface area (Å²) in [6.07, 6.45) is 7.20. The lowest BCUT2D eigenvalue weighted by atomic mass is 9.82. The average Bonchev–Trinajstić information content (AvgIpc) is 2.67. The van der Waals surface area contributed by atoms with Gasteiger partial charge in [-0.25, -0.2) is 0 Å². The highest BCUT2D eigenvalue weighted by molar-refractivity contribution is 5.75. The Kier molecular flexibility index (Phi) is 6.24. The van der Waals surface area contributed by atoms with E-state index in [2.05, 4.69) is 65.6 Å². The van der Waals surface area contributed by atoms with Crippen LogP contribution in [0.25, 0.3) is 17.2 Å². The van der Waals surface area contributed by atoms with Gasteiger partial charge in [-0.05, 0) is 55.5 Å². The van der Waals surface area contributed by atoms with Crippen LogP contribution >= 0.6 is 0 Å². The molecule has 26 heavy (non-hydrogen) atoms. The maximum atomic E-state index is 11.5. The second-order valence-corrected chi connectivity index (χ2v) is 7.19. The lowest BCUT2D eigenvalue weighted by molar-refractivity contribution is -0.145. The summed E-state index contributed by atoms with van der Waals surface area (Å²) in [6, 6.07) is 18.8. The van der Waals surface area contributed by atoms with Gasteiger partial charge in [0.25, 0.3) is 0 Å². The summed E-state index contributed by atoms with van der Waals surface area (Å²) in [5.74, 6) is -0.614. The van der Waals surface area contributed by atoms with Crippen molar-refractivity contribution in [3.63, 3.8) is 0 Å². The van der Waals surface area contributed by atoms with Gasteiger partial charge in [0.1, 0.15) is 0 Å². The summed E-state index contributed by atoms with van der Waals surface area (Å²) in [7, 11) is 2.01. The van der Waals surface area contributed by atoms with E-state index in [4.69, 9.17) is 0 Å². The molecule has 1 saturated heterocycles. The van der Waals surface area contributed by atoms with Crippen molar-refractivity contribution in [1.82, 2.24) is 4.90 Å². The molecule has 1 aliphatic heterocycles. The Balaban J connectivity index is 1.64. The number of benzene rings is 2. The molecule has 0 spiro atoms. The Morgan fingerprint density at radius 3 is 2.65 bits per heavy atom. The highest BCUT2D eigenvalue weighted by atomic mass is 16.4. The van der Waals surface area contributed by atoms with Crippen molar-refractivity contribution >= 4 is 12.0 Å². The summed E-state index contributed by atoms with van der Waals surface area (Å²) in [5, 5.41) is 9.48. The molecule has 0 unspecified atom stereocenters. The Morgan fingerprint density at radius 1 is 1.15 bits per heavy atom. The van der Waals surface area contributed by atoms with Gasteiger partial charge < -0.3 is 10.0 Å². The van der Waals surface area contributed by atoms with Crippen LogP contribution in [0.15, 0.2) is 60.7 Å². The maximum absolute atomic E-state index is 11.5. The molecule has 1 N–H and O–H groups in total. The number of piperidine rings is 1. The van der Waals surface area contributed by atoms with Gasteiger partial charge in [0.05, 0.1) is 5.92 Å². The van der Waals surface area contributed by atoms with Crippen molar-refractivity contribution in [1.29, 1.82) is 0 Å². The normalized spacial score (nSPS) is 21.1. The van der Waals surface area contributed by atoms with Gasteiger partial charge >= 0.3 is 5.97 Å². The number of rotatable bonds is 6. The van der Waals surface area contributed by atoms with E-state index in [1.165, 1.54) is 16.7 Å². The zero-order valence-electron chi connectivity index (χ0n) is 15.3. The monoisotopic (exact) mass is 349 g/mol. The van der Waals surface area contributed by atoms with E-state index in [0.29, 0.717) is 6.54 Å². The molecule has 0 amide bonds. The van der Waals surface area contributed by atoms with E-state index < -0.39 is 5.97 Å². The number of hydrogen-bond donors (Lipinski definition) is 1. The molecule has 1 fully saturated rings. The number of carboxylic acids is 1. The van der Waals surface area contributed by atoms with Crippen LogP contribution in [0.4, 0.5) is 0 Å². The SMILES string of the molecule is CN1CC[C@H](CC/C=C/c2ccccc2-c2ccccc2)[C@@H](C(=O)O)C1. The van der Waals surface area contributed by atoms with Crippen molar-refractivity contribution < 1.29 is 9.90 Å². The van der Waals surface area contributed by atoms with Gasteiger partial charge in [0.2, 0.25) is 0 Å². The molecule has 0 aromatic heterocycles.